The zero-order valence-corrected chi connectivity index (χ0v) is 18.4. The summed E-state index contributed by atoms with van der Waals surface area (Å²) < 4.78 is 39.0. The molecule has 1 aliphatic carbocycles. The van der Waals surface area contributed by atoms with Crippen LogP contribution in [0.5, 0.6) is 5.75 Å². The zero-order valence-electron chi connectivity index (χ0n) is 17.6. The predicted octanol–water partition coefficient (Wildman–Crippen LogP) is 2.42. The highest BCUT2D eigenvalue weighted by atomic mass is 32.2. The van der Waals surface area contributed by atoms with E-state index < -0.39 is 10.0 Å². The zero-order chi connectivity index (χ0) is 21.1. The summed E-state index contributed by atoms with van der Waals surface area (Å²) >= 11 is 0. The highest BCUT2D eigenvalue weighted by Gasteiger charge is 2.36. The SMILES string of the molecule is CS(=O)(=O)NC1CCCCN2C(=O)COc3ccccc3C3CCC(CC3)OCC12. The van der Waals surface area contributed by atoms with Crippen molar-refractivity contribution in [3.05, 3.63) is 29.8 Å². The summed E-state index contributed by atoms with van der Waals surface area (Å²) in [5, 5.41) is 0. The van der Waals surface area contributed by atoms with Gasteiger partial charge in [-0.1, -0.05) is 24.6 Å². The maximum absolute atomic E-state index is 13.2. The van der Waals surface area contributed by atoms with Crippen LogP contribution in [0.2, 0.25) is 0 Å². The van der Waals surface area contributed by atoms with Crippen molar-refractivity contribution in [2.24, 2.45) is 0 Å². The lowest BCUT2D eigenvalue weighted by Gasteiger charge is -2.36. The molecule has 1 saturated carbocycles. The van der Waals surface area contributed by atoms with E-state index in [1.807, 2.05) is 18.2 Å². The minimum Gasteiger partial charge on any atom is -0.483 e. The molecule has 4 aliphatic rings. The molecular formula is C22H32N2O5S. The summed E-state index contributed by atoms with van der Waals surface area (Å²) in [6, 6.07) is 7.34. The lowest BCUT2D eigenvalue weighted by Crippen LogP contribution is -2.55. The van der Waals surface area contributed by atoms with Crippen LogP contribution in [0, 0.1) is 0 Å². The van der Waals surface area contributed by atoms with E-state index in [0.717, 1.165) is 44.3 Å². The first-order valence-electron chi connectivity index (χ1n) is 11.0. The van der Waals surface area contributed by atoms with Crippen molar-refractivity contribution in [3.8, 4) is 5.75 Å². The van der Waals surface area contributed by atoms with Gasteiger partial charge in [-0.25, -0.2) is 13.1 Å². The summed E-state index contributed by atoms with van der Waals surface area (Å²) in [5.74, 6) is 1.08. The maximum Gasteiger partial charge on any atom is 0.260 e. The average molecular weight is 437 g/mol. The number of fused-ring (bicyclic) bond motifs is 5. The molecule has 3 heterocycles. The Hall–Kier alpha value is -1.64. The predicted molar refractivity (Wildman–Crippen MR) is 114 cm³/mol. The van der Waals surface area contributed by atoms with Gasteiger partial charge in [-0.2, -0.15) is 0 Å². The second-order valence-electron chi connectivity index (χ2n) is 8.78. The third-order valence-corrected chi connectivity index (χ3v) is 7.33. The fourth-order valence-corrected chi connectivity index (χ4v) is 5.92. The van der Waals surface area contributed by atoms with Crippen molar-refractivity contribution in [1.29, 1.82) is 0 Å². The summed E-state index contributed by atoms with van der Waals surface area (Å²) in [4.78, 5) is 15.0. The number of carbonyl (C=O) groups excluding carboxylic acids is 1. The number of rotatable bonds is 2. The first-order valence-corrected chi connectivity index (χ1v) is 12.9. The van der Waals surface area contributed by atoms with Crippen LogP contribution in [0.1, 0.15) is 56.4 Å². The number of nitrogens with one attached hydrogen (secondary N) is 1. The Labute approximate surface area is 179 Å². The van der Waals surface area contributed by atoms with E-state index in [9.17, 15) is 13.2 Å². The average Bonchev–Trinajstić information content (AvgIpc) is 2.91. The molecule has 2 atom stereocenters. The monoisotopic (exact) mass is 436 g/mol. The van der Waals surface area contributed by atoms with Crippen LogP contribution in [-0.4, -0.2) is 63.4 Å². The van der Waals surface area contributed by atoms with Gasteiger partial charge in [0.05, 0.1) is 25.0 Å². The van der Waals surface area contributed by atoms with Crippen molar-refractivity contribution >= 4 is 15.9 Å². The van der Waals surface area contributed by atoms with E-state index in [-0.39, 0.29) is 30.7 Å². The van der Waals surface area contributed by atoms with E-state index in [1.165, 1.54) is 11.8 Å². The molecule has 30 heavy (non-hydrogen) atoms. The molecule has 2 unspecified atom stereocenters. The molecule has 166 valence electrons. The number of benzene rings is 1. The first-order chi connectivity index (χ1) is 14.4. The number of sulfonamides is 1. The molecule has 3 aliphatic heterocycles. The molecule has 0 spiro atoms. The summed E-state index contributed by atoms with van der Waals surface area (Å²) in [6.45, 7) is 0.892. The van der Waals surface area contributed by atoms with Gasteiger partial charge < -0.3 is 14.4 Å². The van der Waals surface area contributed by atoms with Crippen LogP contribution < -0.4 is 9.46 Å². The Morgan fingerprint density at radius 2 is 1.83 bits per heavy atom. The van der Waals surface area contributed by atoms with E-state index in [4.69, 9.17) is 9.47 Å². The van der Waals surface area contributed by atoms with Gasteiger partial charge in [0.1, 0.15) is 5.75 Å². The smallest absolute Gasteiger partial charge is 0.260 e. The molecule has 1 amide bonds. The Kier molecular flexibility index (Phi) is 6.65. The third-order valence-electron chi connectivity index (χ3n) is 6.60. The fourth-order valence-electron chi connectivity index (χ4n) is 5.10. The summed E-state index contributed by atoms with van der Waals surface area (Å²) in [6.07, 6.45) is 7.70. The van der Waals surface area contributed by atoms with Crippen LogP contribution in [0.25, 0.3) is 0 Å². The van der Waals surface area contributed by atoms with Crippen LogP contribution in [0.4, 0.5) is 0 Å². The van der Waals surface area contributed by atoms with Crippen LogP contribution in [0.3, 0.4) is 0 Å². The number of nitrogens with zero attached hydrogens (tertiary/aromatic N) is 1. The molecule has 2 fully saturated rings. The molecule has 5 rings (SSSR count). The molecule has 1 aromatic carbocycles. The van der Waals surface area contributed by atoms with Crippen LogP contribution >= 0.6 is 0 Å². The molecular weight excluding hydrogens is 404 g/mol. The summed E-state index contributed by atoms with van der Waals surface area (Å²) in [7, 11) is -3.39. The minimum atomic E-state index is -3.39. The van der Waals surface area contributed by atoms with Gasteiger partial charge >= 0.3 is 0 Å². The molecule has 1 N–H and O–H groups in total. The van der Waals surface area contributed by atoms with Crippen molar-refractivity contribution < 1.29 is 22.7 Å². The Balaban J connectivity index is 1.63. The van der Waals surface area contributed by atoms with Crippen molar-refractivity contribution in [2.45, 2.75) is 69.1 Å². The number of ether oxygens (including phenoxy) is 2. The minimum absolute atomic E-state index is 0.0464. The van der Waals surface area contributed by atoms with Crippen LogP contribution in [0.15, 0.2) is 24.3 Å². The van der Waals surface area contributed by atoms with Gasteiger partial charge in [-0.15, -0.1) is 0 Å². The topological polar surface area (TPSA) is 84.9 Å². The summed E-state index contributed by atoms with van der Waals surface area (Å²) in [5.41, 5.74) is 1.17. The Morgan fingerprint density at radius 3 is 2.60 bits per heavy atom. The largest absolute Gasteiger partial charge is 0.483 e. The van der Waals surface area contributed by atoms with E-state index in [1.54, 1.807) is 4.90 Å². The second kappa shape index (κ2) is 9.24. The number of hydrogen-bond donors (Lipinski definition) is 1. The van der Waals surface area contributed by atoms with Crippen LogP contribution in [-0.2, 0) is 19.6 Å². The highest BCUT2D eigenvalue weighted by molar-refractivity contribution is 7.88. The van der Waals surface area contributed by atoms with Gasteiger partial charge in [0.2, 0.25) is 10.0 Å². The van der Waals surface area contributed by atoms with Gasteiger partial charge in [-0.05, 0) is 56.1 Å². The number of hydrogen-bond acceptors (Lipinski definition) is 5. The second-order valence-corrected chi connectivity index (χ2v) is 10.6. The molecule has 0 radical (unpaired) electrons. The van der Waals surface area contributed by atoms with Gasteiger partial charge in [0, 0.05) is 12.6 Å². The van der Waals surface area contributed by atoms with Crippen molar-refractivity contribution in [2.75, 3.05) is 26.0 Å². The lowest BCUT2D eigenvalue weighted by atomic mass is 9.82. The standard InChI is InChI=1S/C22H32N2O5S/c1-30(26,27)23-19-7-4-5-13-24-20(19)14-28-17-11-9-16(10-12-17)18-6-2-3-8-21(18)29-15-22(24)25/h2-3,6,8,16-17,19-20,23H,4-5,7,9-15H2,1H3. The van der Waals surface area contributed by atoms with Gasteiger partial charge in [-0.3, -0.25) is 4.79 Å². The van der Waals surface area contributed by atoms with E-state index in [0.29, 0.717) is 25.5 Å². The molecule has 1 saturated heterocycles. The van der Waals surface area contributed by atoms with E-state index >= 15 is 0 Å². The van der Waals surface area contributed by atoms with E-state index in [2.05, 4.69) is 10.8 Å². The quantitative estimate of drug-likeness (QED) is 0.770. The number of carbonyl (C=O) groups is 1. The van der Waals surface area contributed by atoms with Crippen molar-refractivity contribution in [3.63, 3.8) is 0 Å². The Bertz CT molecular complexity index is 851. The highest BCUT2D eigenvalue weighted by Crippen LogP contribution is 2.38. The molecule has 7 nitrogen and oxygen atoms in total. The molecule has 1 aromatic rings. The number of amides is 1. The third kappa shape index (κ3) is 5.15. The van der Waals surface area contributed by atoms with Crippen molar-refractivity contribution in [1.82, 2.24) is 9.62 Å². The molecule has 8 heteroatoms. The van der Waals surface area contributed by atoms with Gasteiger partial charge in [0.25, 0.3) is 5.91 Å². The fraction of sp³-hybridized carbons (Fsp3) is 0.682. The first kappa shape index (κ1) is 21.6. The van der Waals surface area contributed by atoms with Gasteiger partial charge in [0.15, 0.2) is 6.61 Å². The lowest BCUT2D eigenvalue weighted by molar-refractivity contribution is -0.138. The molecule has 2 bridgehead atoms. The maximum atomic E-state index is 13.2. The Morgan fingerprint density at radius 1 is 1.07 bits per heavy atom. The number of para-hydroxylation sites is 1. The normalized spacial score (nSPS) is 30.7. The molecule has 0 aromatic heterocycles.